The first kappa shape index (κ1) is 14.5. The highest BCUT2D eigenvalue weighted by Crippen LogP contribution is 2.32. The van der Waals surface area contributed by atoms with E-state index in [9.17, 15) is 10.1 Å². The standard InChI is InChI=1S/C14H13BrN2O3/c1-9(16)13-4-2-3-5-14(13)20-12-7-10(15)6-11(8-12)17(18)19/h2-9H,16H2,1H3. The molecule has 104 valence electrons. The lowest BCUT2D eigenvalue weighted by Gasteiger charge is -2.13. The Morgan fingerprint density at radius 1 is 1.30 bits per heavy atom. The second kappa shape index (κ2) is 6.02. The summed E-state index contributed by atoms with van der Waals surface area (Å²) in [7, 11) is 0. The number of nitrogens with zero attached hydrogens (tertiary/aromatic N) is 1. The van der Waals surface area contributed by atoms with Crippen LogP contribution in [0, 0.1) is 10.1 Å². The van der Waals surface area contributed by atoms with Crippen LogP contribution < -0.4 is 10.5 Å². The van der Waals surface area contributed by atoms with E-state index < -0.39 is 4.92 Å². The summed E-state index contributed by atoms with van der Waals surface area (Å²) in [6.07, 6.45) is 0. The molecule has 2 aromatic rings. The van der Waals surface area contributed by atoms with Crippen molar-refractivity contribution in [3.8, 4) is 11.5 Å². The number of para-hydroxylation sites is 1. The normalized spacial score (nSPS) is 11.9. The smallest absolute Gasteiger partial charge is 0.274 e. The second-order valence-corrected chi connectivity index (χ2v) is 5.25. The minimum atomic E-state index is -0.463. The van der Waals surface area contributed by atoms with Crippen molar-refractivity contribution in [1.29, 1.82) is 0 Å². The molecule has 0 fully saturated rings. The molecule has 5 nitrogen and oxygen atoms in total. The van der Waals surface area contributed by atoms with Crippen LogP contribution in [0.4, 0.5) is 5.69 Å². The maximum absolute atomic E-state index is 10.8. The zero-order chi connectivity index (χ0) is 14.7. The van der Waals surface area contributed by atoms with Crippen LogP contribution in [0.15, 0.2) is 46.9 Å². The highest BCUT2D eigenvalue weighted by Gasteiger charge is 2.12. The lowest BCUT2D eigenvalue weighted by atomic mass is 10.1. The predicted octanol–water partition coefficient (Wildman–Crippen LogP) is 4.17. The molecule has 6 heteroatoms. The zero-order valence-electron chi connectivity index (χ0n) is 10.7. The summed E-state index contributed by atoms with van der Waals surface area (Å²) in [5, 5.41) is 10.8. The van der Waals surface area contributed by atoms with Crippen molar-refractivity contribution < 1.29 is 9.66 Å². The van der Waals surface area contributed by atoms with Crippen LogP contribution in [-0.4, -0.2) is 4.92 Å². The van der Waals surface area contributed by atoms with Crippen molar-refractivity contribution >= 4 is 21.6 Å². The molecule has 1 atom stereocenters. The van der Waals surface area contributed by atoms with Gasteiger partial charge in [0.05, 0.1) is 11.0 Å². The molecule has 1 unspecified atom stereocenters. The zero-order valence-corrected chi connectivity index (χ0v) is 12.3. The topological polar surface area (TPSA) is 78.4 Å². The average Bonchev–Trinajstić information content (AvgIpc) is 2.38. The van der Waals surface area contributed by atoms with Gasteiger partial charge in [-0.1, -0.05) is 34.1 Å². The van der Waals surface area contributed by atoms with Gasteiger partial charge in [0.25, 0.3) is 5.69 Å². The molecule has 2 aromatic carbocycles. The molecule has 0 aliphatic rings. The average molecular weight is 337 g/mol. The molecular weight excluding hydrogens is 324 g/mol. The summed E-state index contributed by atoms with van der Waals surface area (Å²) in [4.78, 5) is 10.4. The van der Waals surface area contributed by atoms with Crippen LogP contribution in [0.5, 0.6) is 11.5 Å². The van der Waals surface area contributed by atoms with Gasteiger partial charge in [-0.15, -0.1) is 0 Å². The van der Waals surface area contributed by atoms with Gasteiger partial charge in [0.15, 0.2) is 0 Å². The Morgan fingerprint density at radius 3 is 2.65 bits per heavy atom. The van der Waals surface area contributed by atoms with E-state index in [4.69, 9.17) is 10.5 Å². The Labute approximate surface area is 124 Å². The predicted molar refractivity (Wildman–Crippen MR) is 79.9 cm³/mol. The maximum Gasteiger partial charge on any atom is 0.274 e. The number of rotatable bonds is 4. The molecule has 2 rings (SSSR count). The Hall–Kier alpha value is -1.92. The number of benzene rings is 2. The van der Waals surface area contributed by atoms with Gasteiger partial charge in [-0.05, 0) is 19.1 Å². The largest absolute Gasteiger partial charge is 0.457 e. The number of hydrogen-bond acceptors (Lipinski definition) is 4. The van der Waals surface area contributed by atoms with E-state index in [0.29, 0.717) is 16.0 Å². The fourth-order valence-electron chi connectivity index (χ4n) is 1.79. The third kappa shape index (κ3) is 3.34. The number of nitro benzene ring substituents is 1. The lowest BCUT2D eigenvalue weighted by Crippen LogP contribution is -2.06. The Morgan fingerprint density at radius 2 is 2.00 bits per heavy atom. The van der Waals surface area contributed by atoms with Gasteiger partial charge >= 0.3 is 0 Å². The minimum Gasteiger partial charge on any atom is -0.457 e. The molecule has 0 spiro atoms. The number of ether oxygens (including phenoxy) is 1. The molecule has 0 bridgehead atoms. The Bertz CT molecular complexity index is 644. The van der Waals surface area contributed by atoms with Crippen LogP contribution in [0.1, 0.15) is 18.5 Å². The first-order chi connectivity index (χ1) is 9.47. The van der Waals surface area contributed by atoms with Crippen molar-refractivity contribution in [2.45, 2.75) is 13.0 Å². The fraction of sp³-hybridized carbons (Fsp3) is 0.143. The first-order valence-electron chi connectivity index (χ1n) is 5.94. The minimum absolute atomic E-state index is 0.0346. The first-order valence-corrected chi connectivity index (χ1v) is 6.74. The molecule has 0 aliphatic carbocycles. The molecule has 0 saturated carbocycles. The summed E-state index contributed by atoms with van der Waals surface area (Å²) < 4.78 is 6.31. The third-order valence-corrected chi connectivity index (χ3v) is 3.16. The summed E-state index contributed by atoms with van der Waals surface area (Å²) in [6, 6.07) is 11.6. The number of nitro groups is 1. The van der Waals surface area contributed by atoms with Crippen molar-refractivity contribution in [2.75, 3.05) is 0 Å². The summed E-state index contributed by atoms with van der Waals surface area (Å²) in [6.45, 7) is 1.85. The maximum atomic E-state index is 10.8. The fourth-order valence-corrected chi connectivity index (χ4v) is 2.25. The summed E-state index contributed by atoms with van der Waals surface area (Å²) >= 11 is 3.23. The molecule has 0 aliphatic heterocycles. The Balaban J connectivity index is 2.37. The van der Waals surface area contributed by atoms with E-state index >= 15 is 0 Å². The molecule has 0 amide bonds. The molecule has 0 radical (unpaired) electrons. The van der Waals surface area contributed by atoms with Crippen molar-refractivity contribution in [3.05, 3.63) is 62.6 Å². The molecule has 0 saturated heterocycles. The van der Waals surface area contributed by atoms with Gasteiger partial charge in [0.2, 0.25) is 0 Å². The van der Waals surface area contributed by atoms with Crippen LogP contribution >= 0.6 is 15.9 Å². The van der Waals surface area contributed by atoms with E-state index in [0.717, 1.165) is 5.56 Å². The van der Waals surface area contributed by atoms with Gasteiger partial charge in [-0.2, -0.15) is 0 Å². The van der Waals surface area contributed by atoms with Crippen LogP contribution in [0.2, 0.25) is 0 Å². The van der Waals surface area contributed by atoms with Gasteiger partial charge in [0, 0.05) is 22.1 Å². The quantitative estimate of drug-likeness (QED) is 0.671. The monoisotopic (exact) mass is 336 g/mol. The number of nitrogens with two attached hydrogens (primary N) is 1. The van der Waals surface area contributed by atoms with E-state index in [2.05, 4.69) is 15.9 Å². The van der Waals surface area contributed by atoms with E-state index in [1.807, 2.05) is 25.1 Å². The van der Waals surface area contributed by atoms with E-state index in [1.165, 1.54) is 12.1 Å². The van der Waals surface area contributed by atoms with Crippen molar-refractivity contribution in [3.63, 3.8) is 0 Å². The van der Waals surface area contributed by atoms with Gasteiger partial charge in [-0.3, -0.25) is 10.1 Å². The van der Waals surface area contributed by atoms with Crippen molar-refractivity contribution in [1.82, 2.24) is 0 Å². The Kier molecular flexibility index (Phi) is 4.36. The van der Waals surface area contributed by atoms with Crippen LogP contribution in [0.25, 0.3) is 0 Å². The summed E-state index contributed by atoms with van der Waals surface area (Å²) in [5.41, 5.74) is 6.69. The SMILES string of the molecule is CC(N)c1ccccc1Oc1cc(Br)cc([N+](=O)[O-])c1. The molecule has 0 heterocycles. The number of halogens is 1. The lowest BCUT2D eigenvalue weighted by molar-refractivity contribution is -0.385. The highest BCUT2D eigenvalue weighted by atomic mass is 79.9. The van der Waals surface area contributed by atoms with Gasteiger partial charge in [0.1, 0.15) is 11.5 Å². The third-order valence-electron chi connectivity index (χ3n) is 2.70. The molecule has 2 N–H and O–H groups in total. The molecule has 20 heavy (non-hydrogen) atoms. The summed E-state index contributed by atoms with van der Waals surface area (Å²) in [5.74, 6) is 0.981. The number of hydrogen-bond donors (Lipinski definition) is 1. The molecule has 0 aromatic heterocycles. The van der Waals surface area contributed by atoms with Crippen molar-refractivity contribution in [2.24, 2.45) is 5.73 Å². The molecular formula is C14H13BrN2O3. The van der Waals surface area contributed by atoms with E-state index in [1.54, 1.807) is 12.1 Å². The second-order valence-electron chi connectivity index (χ2n) is 4.33. The van der Waals surface area contributed by atoms with Gasteiger partial charge in [-0.25, -0.2) is 0 Å². The number of non-ortho nitro benzene ring substituents is 1. The van der Waals surface area contributed by atoms with E-state index in [-0.39, 0.29) is 11.7 Å². The van der Waals surface area contributed by atoms with Crippen LogP contribution in [-0.2, 0) is 0 Å². The van der Waals surface area contributed by atoms with Crippen LogP contribution in [0.3, 0.4) is 0 Å². The van der Waals surface area contributed by atoms with Gasteiger partial charge < -0.3 is 10.5 Å². The highest BCUT2D eigenvalue weighted by molar-refractivity contribution is 9.10.